The zero-order valence-electron chi connectivity index (χ0n) is 17.3. The van der Waals surface area contributed by atoms with Crippen molar-refractivity contribution in [3.05, 3.63) is 46.9 Å². The molecule has 1 amide bonds. The molecular weight excluding hydrogens is 412 g/mol. The summed E-state index contributed by atoms with van der Waals surface area (Å²) >= 11 is 1.77. The van der Waals surface area contributed by atoms with Gasteiger partial charge in [0.05, 0.1) is 41.4 Å². The highest BCUT2D eigenvalue weighted by atomic mass is 32.1. The van der Waals surface area contributed by atoms with Gasteiger partial charge < -0.3 is 15.4 Å². The number of aryl methyl sites for hydroxylation is 1. The Hall–Kier alpha value is -2.78. The van der Waals surface area contributed by atoms with E-state index in [1.54, 1.807) is 23.7 Å². The van der Waals surface area contributed by atoms with Crippen LogP contribution in [0, 0.1) is 0 Å². The predicted octanol–water partition coefficient (Wildman–Crippen LogP) is 2.92. The molecule has 0 radical (unpaired) electrons. The van der Waals surface area contributed by atoms with Crippen molar-refractivity contribution in [2.24, 2.45) is 0 Å². The molecule has 8 nitrogen and oxygen atoms in total. The fourth-order valence-electron chi connectivity index (χ4n) is 4.56. The van der Waals surface area contributed by atoms with E-state index in [2.05, 4.69) is 26.2 Å². The number of ether oxygens (including phenoxy) is 1. The summed E-state index contributed by atoms with van der Waals surface area (Å²) in [5.74, 6) is 0.657. The van der Waals surface area contributed by atoms with Gasteiger partial charge in [-0.2, -0.15) is 5.10 Å². The first-order valence-corrected chi connectivity index (χ1v) is 11.6. The third-order valence-electron chi connectivity index (χ3n) is 6.27. The molecule has 0 aromatic carbocycles. The molecule has 3 aromatic heterocycles. The molecule has 162 valence electrons. The fourth-order valence-corrected chi connectivity index (χ4v) is 5.75. The summed E-state index contributed by atoms with van der Waals surface area (Å²) in [4.78, 5) is 25.8. The van der Waals surface area contributed by atoms with Crippen LogP contribution >= 0.6 is 11.3 Å². The molecule has 1 spiro atoms. The molecule has 5 heterocycles. The highest BCUT2D eigenvalue weighted by Gasteiger charge is 2.42. The fraction of sp³-hybridized carbons (Fsp3) is 0.455. The highest BCUT2D eigenvalue weighted by Crippen LogP contribution is 2.46. The molecule has 3 N–H and O–H groups in total. The number of fused-ring (bicyclic) bond motifs is 2. The number of rotatable bonds is 5. The number of H-pyrrole nitrogens is 1. The summed E-state index contributed by atoms with van der Waals surface area (Å²) in [6, 6.07) is 2.21. The SMILES string of the molecule is Nc1cnc(-c2cc3c(s2)CCOC32CCN(C(=O)CCCc3cn[nH]c3)CC2)cn1. The number of thiophene rings is 1. The monoisotopic (exact) mass is 438 g/mol. The van der Waals surface area contributed by atoms with E-state index in [0.717, 1.165) is 67.9 Å². The van der Waals surface area contributed by atoms with E-state index in [9.17, 15) is 4.79 Å². The molecule has 3 aromatic rings. The minimum Gasteiger partial charge on any atom is -0.382 e. The number of anilines is 1. The second-order valence-electron chi connectivity index (χ2n) is 8.21. The van der Waals surface area contributed by atoms with Gasteiger partial charge in [-0.3, -0.25) is 9.89 Å². The lowest BCUT2D eigenvalue weighted by Gasteiger charge is -2.44. The summed E-state index contributed by atoms with van der Waals surface area (Å²) in [5.41, 5.74) is 8.64. The number of carbonyl (C=O) groups excluding carboxylic acids is 1. The molecule has 0 aliphatic carbocycles. The van der Waals surface area contributed by atoms with Crippen LogP contribution in [0.15, 0.2) is 30.9 Å². The molecule has 1 saturated heterocycles. The van der Waals surface area contributed by atoms with Crippen LogP contribution in [0.1, 0.15) is 41.7 Å². The molecular formula is C22H26N6O2S. The molecule has 31 heavy (non-hydrogen) atoms. The number of aromatic amines is 1. The Balaban J connectivity index is 1.24. The topological polar surface area (TPSA) is 110 Å². The smallest absolute Gasteiger partial charge is 0.222 e. The summed E-state index contributed by atoms with van der Waals surface area (Å²) in [6.07, 6.45) is 11.9. The van der Waals surface area contributed by atoms with Gasteiger partial charge in [0, 0.05) is 37.0 Å². The van der Waals surface area contributed by atoms with Gasteiger partial charge in [0.1, 0.15) is 5.82 Å². The van der Waals surface area contributed by atoms with Crippen molar-refractivity contribution in [1.29, 1.82) is 0 Å². The van der Waals surface area contributed by atoms with Crippen molar-refractivity contribution < 1.29 is 9.53 Å². The minimum atomic E-state index is -0.295. The number of likely N-dealkylation sites (tertiary alicyclic amines) is 1. The average molecular weight is 439 g/mol. The molecule has 0 bridgehead atoms. The first-order valence-electron chi connectivity index (χ1n) is 10.7. The number of amides is 1. The number of nitrogens with two attached hydrogens (primary N) is 1. The number of nitrogen functional groups attached to an aromatic ring is 1. The van der Waals surface area contributed by atoms with E-state index >= 15 is 0 Å². The summed E-state index contributed by atoms with van der Waals surface area (Å²) in [6.45, 7) is 2.19. The predicted molar refractivity (Wildman–Crippen MR) is 118 cm³/mol. The maximum Gasteiger partial charge on any atom is 0.222 e. The van der Waals surface area contributed by atoms with Crippen LogP contribution in [-0.2, 0) is 28.0 Å². The van der Waals surface area contributed by atoms with Crippen LogP contribution in [0.3, 0.4) is 0 Å². The number of hydrogen-bond donors (Lipinski definition) is 2. The summed E-state index contributed by atoms with van der Waals surface area (Å²) < 4.78 is 6.36. The van der Waals surface area contributed by atoms with Gasteiger partial charge in [-0.25, -0.2) is 9.97 Å². The van der Waals surface area contributed by atoms with E-state index in [0.29, 0.717) is 12.2 Å². The van der Waals surface area contributed by atoms with Gasteiger partial charge in [-0.1, -0.05) is 0 Å². The number of aromatic nitrogens is 4. The van der Waals surface area contributed by atoms with Crippen LogP contribution in [0.2, 0.25) is 0 Å². The van der Waals surface area contributed by atoms with Crippen LogP contribution in [0.4, 0.5) is 5.82 Å². The van der Waals surface area contributed by atoms with E-state index < -0.39 is 0 Å². The molecule has 5 rings (SSSR count). The number of piperidine rings is 1. The van der Waals surface area contributed by atoms with Gasteiger partial charge in [-0.05, 0) is 42.9 Å². The number of carbonyl (C=O) groups is 1. The number of nitrogens with one attached hydrogen (secondary N) is 1. The minimum absolute atomic E-state index is 0.234. The van der Waals surface area contributed by atoms with Crippen molar-refractivity contribution in [3.8, 4) is 10.6 Å². The maximum absolute atomic E-state index is 12.7. The lowest BCUT2D eigenvalue weighted by atomic mass is 9.82. The molecule has 0 unspecified atom stereocenters. The highest BCUT2D eigenvalue weighted by molar-refractivity contribution is 7.15. The third-order valence-corrected chi connectivity index (χ3v) is 7.48. The van der Waals surface area contributed by atoms with E-state index in [1.165, 1.54) is 10.4 Å². The van der Waals surface area contributed by atoms with Crippen LogP contribution in [0.5, 0.6) is 0 Å². The van der Waals surface area contributed by atoms with E-state index in [1.807, 2.05) is 17.3 Å². The Morgan fingerprint density at radius 1 is 1.26 bits per heavy atom. The van der Waals surface area contributed by atoms with Gasteiger partial charge in [0.2, 0.25) is 5.91 Å². The Morgan fingerprint density at radius 3 is 2.87 bits per heavy atom. The second-order valence-corrected chi connectivity index (χ2v) is 9.34. The average Bonchev–Trinajstić information content (AvgIpc) is 3.46. The Labute approximate surface area is 184 Å². The first-order chi connectivity index (χ1) is 15.1. The van der Waals surface area contributed by atoms with Crippen molar-refractivity contribution in [1.82, 2.24) is 25.1 Å². The van der Waals surface area contributed by atoms with E-state index in [4.69, 9.17) is 10.5 Å². The van der Waals surface area contributed by atoms with Crippen molar-refractivity contribution in [2.75, 3.05) is 25.4 Å². The molecule has 0 saturated carbocycles. The quantitative estimate of drug-likeness (QED) is 0.634. The normalized spacial score (nSPS) is 17.6. The number of nitrogens with zero attached hydrogens (tertiary/aromatic N) is 4. The summed E-state index contributed by atoms with van der Waals surface area (Å²) in [7, 11) is 0. The van der Waals surface area contributed by atoms with Crippen molar-refractivity contribution in [3.63, 3.8) is 0 Å². The van der Waals surface area contributed by atoms with Crippen LogP contribution < -0.4 is 5.73 Å². The molecule has 1 fully saturated rings. The summed E-state index contributed by atoms with van der Waals surface area (Å²) in [5, 5.41) is 6.77. The zero-order chi connectivity index (χ0) is 21.3. The molecule has 2 aliphatic rings. The van der Waals surface area contributed by atoms with Crippen molar-refractivity contribution in [2.45, 2.75) is 44.1 Å². The molecule has 2 aliphatic heterocycles. The van der Waals surface area contributed by atoms with Gasteiger partial charge in [-0.15, -0.1) is 11.3 Å². The number of hydrogen-bond acceptors (Lipinski definition) is 7. The lowest BCUT2D eigenvalue weighted by molar-refractivity contribution is -0.140. The lowest BCUT2D eigenvalue weighted by Crippen LogP contribution is -2.48. The Kier molecular flexibility index (Phi) is 5.45. The Bertz CT molecular complexity index is 1040. The van der Waals surface area contributed by atoms with Crippen molar-refractivity contribution >= 4 is 23.1 Å². The third kappa shape index (κ3) is 4.07. The van der Waals surface area contributed by atoms with Gasteiger partial charge >= 0.3 is 0 Å². The standard InChI is InChI=1S/C22H26N6O2S/c23-20-14-24-17(13-25-20)19-10-16-18(31-19)4-9-30-22(16)5-7-28(8-6-22)21(29)3-1-2-15-11-26-27-12-15/h10-14H,1-9H2,(H2,23,25)(H,26,27). The Morgan fingerprint density at radius 2 is 2.13 bits per heavy atom. The van der Waals surface area contributed by atoms with Gasteiger partial charge in [0.25, 0.3) is 0 Å². The second kappa shape index (κ2) is 8.39. The largest absolute Gasteiger partial charge is 0.382 e. The van der Waals surface area contributed by atoms with Crippen LogP contribution in [0.25, 0.3) is 10.6 Å². The van der Waals surface area contributed by atoms with Gasteiger partial charge in [0.15, 0.2) is 0 Å². The van der Waals surface area contributed by atoms with Crippen LogP contribution in [-0.4, -0.2) is 50.7 Å². The molecule has 9 heteroatoms. The molecule has 0 atom stereocenters. The maximum atomic E-state index is 12.7. The van der Waals surface area contributed by atoms with E-state index in [-0.39, 0.29) is 11.5 Å². The first kappa shape index (κ1) is 20.1. The zero-order valence-corrected chi connectivity index (χ0v) is 18.2.